The maximum absolute atomic E-state index is 9.51. The molecule has 2 N–H and O–H groups in total. The van der Waals surface area contributed by atoms with Gasteiger partial charge in [-0.05, 0) is 34.1 Å². The van der Waals surface area contributed by atoms with Crippen molar-refractivity contribution in [3.8, 4) is 11.8 Å². The van der Waals surface area contributed by atoms with Crippen molar-refractivity contribution >= 4 is 0 Å². The minimum Gasteiger partial charge on any atom is -0.392 e. The Bertz CT molecular complexity index is 182. The van der Waals surface area contributed by atoms with Crippen LogP contribution in [0.3, 0.4) is 0 Å². The van der Waals surface area contributed by atoms with E-state index in [0.29, 0.717) is 6.54 Å². The van der Waals surface area contributed by atoms with E-state index < -0.39 is 0 Å². The highest BCUT2D eigenvalue weighted by molar-refractivity contribution is 4.95. The lowest BCUT2D eigenvalue weighted by molar-refractivity contribution is 0.153. The molecule has 0 radical (unpaired) electrons. The Kier molecular flexibility index (Phi) is 5.77. The molecule has 0 aliphatic carbocycles. The summed E-state index contributed by atoms with van der Waals surface area (Å²) in [5.74, 6) is 5.75. The van der Waals surface area contributed by atoms with E-state index in [9.17, 15) is 5.11 Å². The van der Waals surface area contributed by atoms with Crippen molar-refractivity contribution < 1.29 is 5.11 Å². The van der Waals surface area contributed by atoms with Crippen LogP contribution in [-0.2, 0) is 0 Å². The summed E-state index contributed by atoms with van der Waals surface area (Å²) < 4.78 is 0. The van der Waals surface area contributed by atoms with Crippen LogP contribution in [0.2, 0.25) is 0 Å². The molecule has 0 heterocycles. The van der Waals surface area contributed by atoms with Crippen molar-refractivity contribution in [1.82, 2.24) is 5.32 Å². The van der Waals surface area contributed by atoms with E-state index in [1.54, 1.807) is 0 Å². The molecule has 0 spiro atoms. The van der Waals surface area contributed by atoms with Crippen molar-refractivity contribution in [2.24, 2.45) is 0 Å². The lowest BCUT2D eigenvalue weighted by atomic mass is 10.1. The average Bonchev–Trinajstić information content (AvgIpc) is 2.00. The van der Waals surface area contributed by atoms with Gasteiger partial charge in [0.1, 0.15) is 0 Å². The fourth-order valence-electron chi connectivity index (χ4n) is 0.890. The molecule has 0 bridgehead atoms. The monoisotopic (exact) mass is 183 g/mol. The van der Waals surface area contributed by atoms with E-state index in [1.807, 2.05) is 6.92 Å². The molecule has 2 nitrogen and oxygen atoms in total. The molecule has 0 rings (SSSR count). The first-order valence-corrected chi connectivity index (χ1v) is 4.78. The summed E-state index contributed by atoms with van der Waals surface area (Å²) >= 11 is 0. The average molecular weight is 183 g/mol. The molecule has 1 unspecified atom stereocenters. The molecule has 0 aliphatic heterocycles. The lowest BCUT2D eigenvalue weighted by Crippen LogP contribution is -2.40. The zero-order chi connectivity index (χ0) is 10.3. The molecule has 2 heteroatoms. The van der Waals surface area contributed by atoms with Crippen LogP contribution in [0.15, 0.2) is 0 Å². The smallest absolute Gasteiger partial charge is 0.0673 e. The molecule has 1 atom stereocenters. The Morgan fingerprint density at radius 3 is 2.46 bits per heavy atom. The van der Waals surface area contributed by atoms with Gasteiger partial charge < -0.3 is 10.4 Å². The number of hydrogen-bond donors (Lipinski definition) is 2. The second-order valence-corrected chi connectivity index (χ2v) is 4.25. The highest BCUT2D eigenvalue weighted by Crippen LogP contribution is 2.00. The Balaban J connectivity index is 3.49. The normalized spacial score (nSPS) is 13.3. The molecule has 0 aromatic heterocycles. The Labute approximate surface area is 81.7 Å². The summed E-state index contributed by atoms with van der Waals surface area (Å²) in [6.45, 7) is 8.73. The molecule has 0 saturated carbocycles. The van der Waals surface area contributed by atoms with E-state index in [4.69, 9.17) is 0 Å². The number of rotatable bonds is 4. The zero-order valence-electron chi connectivity index (χ0n) is 9.15. The van der Waals surface area contributed by atoms with Crippen molar-refractivity contribution in [3.63, 3.8) is 0 Å². The van der Waals surface area contributed by atoms with Gasteiger partial charge in [-0.1, -0.05) is 0 Å². The molecule has 0 aromatic rings. The summed E-state index contributed by atoms with van der Waals surface area (Å²) in [6.07, 6.45) is 1.26. The van der Waals surface area contributed by atoms with Gasteiger partial charge >= 0.3 is 0 Å². The molecule has 13 heavy (non-hydrogen) atoms. The van der Waals surface area contributed by atoms with E-state index in [-0.39, 0.29) is 11.6 Å². The third-order valence-corrected chi connectivity index (χ3v) is 1.65. The second kappa shape index (κ2) is 6.01. The van der Waals surface area contributed by atoms with Crippen molar-refractivity contribution in [2.45, 2.75) is 52.2 Å². The first-order valence-electron chi connectivity index (χ1n) is 4.78. The van der Waals surface area contributed by atoms with Crippen LogP contribution in [-0.4, -0.2) is 23.3 Å². The van der Waals surface area contributed by atoms with E-state index >= 15 is 0 Å². The summed E-state index contributed by atoms with van der Waals surface area (Å²) in [7, 11) is 0. The van der Waals surface area contributed by atoms with Crippen LogP contribution in [0.5, 0.6) is 0 Å². The van der Waals surface area contributed by atoms with Gasteiger partial charge in [-0.2, -0.15) is 0 Å². The number of nitrogens with one attached hydrogen (secondary N) is 1. The quantitative estimate of drug-likeness (QED) is 0.648. The van der Waals surface area contributed by atoms with Gasteiger partial charge in [-0.15, -0.1) is 11.8 Å². The van der Waals surface area contributed by atoms with Crippen LogP contribution in [0.25, 0.3) is 0 Å². The summed E-state index contributed by atoms with van der Waals surface area (Å²) in [5.41, 5.74) is 0.0808. The van der Waals surface area contributed by atoms with Crippen molar-refractivity contribution in [3.05, 3.63) is 0 Å². The topological polar surface area (TPSA) is 32.3 Å². The molecular formula is C11H21NO. The standard InChI is InChI=1S/C11H21NO/c1-5-6-7-8-10(13)9-12-11(2,3)4/h10,12-13H,7-9H2,1-4H3. The van der Waals surface area contributed by atoms with E-state index in [0.717, 1.165) is 12.8 Å². The first kappa shape index (κ1) is 12.5. The fraction of sp³-hybridized carbons (Fsp3) is 0.818. The fourth-order valence-corrected chi connectivity index (χ4v) is 0.890. The maximum atomic E-state index is 9.51. The maximum Gasteiger partial charge on any atom is 0.0673 e. The van der Waals surface area contributed by atoms with E-state index in [2.05, 4.69) is 37.9 Å². The van der Waals surface area contributed by atoms with Gasteiger partial charge in [0, 0.05) is 18.5 Å². The first-order chi connectivity index (χ1) is 5.95. The van der Waals surface area contributed by atoms with Crippen LogP contribution < -0.4 is 5.32 Å². The van der Waals surface area contributed by atoms with Gasteiger partial charge in [0.05, 0.1) is 6.10 Å². The van der Waals surface area contributed by atoms with Gasteiger partial charge in [0.2, 0.25) is 0 Å². The summed E-state index contributed by atoms with van der Waals surface area (Å²) in [5, 5.41) is 12.8. The highest BCUT2D eigenvalue weighted by Gasteiger charge is 2.11. The number of aliphatic hydroxyl groups is 1. The third-order valence-electron chi connectivity index (χ3n) is 1.65. The van der Waals surface area contributed by atoms with Gasteiger partial charge in [0.15, 0.2) is 0 Å². The van der Waals surface area contributed by atoms with Crippen molar-refractivity contribution in [1.29, 1.82) is 0 Å². The van der Waals surface area contributed by atoms with Crippen LogP contribution in [0.4, 0.5) is 0 Å². The minimum atomic E-state index is -0.278. The SMILES string of the molecule is CC#CCCC(O)CNC(C)(C)C. The van der Waals surface area contributed by atoms with Gasteiger partial charge in [-0.3, -0.25) is 0 Å². The van der Waals surface area contributed by atoms with Crippen LogP contribution in [0.1, 0.15) is 40.5 Å². The Hall–Kier alpha value is -0.520. The number of hydrogen-bond acceptors (Lipinski definition) is 2. The molecule has 0 fully saturated rings. The minimum absolute atomic E-state index is 0.0808. The molecule has 0 aliphatic rings. The highest BCUT2D eigenvalue weighted by atomic mass is 16.3. The third kappa shape index (κ3) is 9.39. The molecule has 0 aromatic carbocycles. The summed E-state index contributed by atoms with van der Waals surface area (Å²) in [4.78, 5) is 0. The molecule has 0 amide bonds. The van der Waals surface area contributed by atoms with Crippen molar-refractivity contribution in [2.75, 3.05) is 6.54 Å². The van der Waals surface area contributed by atoms with Gasteiger partial charge in [0.25, 0.3) is 0 Å². The summed E-state index contributed by atoms with van der Waals surface area (Å²) in [6, 6.07) is 0. The van der Waals surface area contributed by atoms with Crippen LogP contribution in [0, 0.1) is 11.8 Å². The number of aliphatic hydroxyl groups excluding tert-OH is 1. The predicted octanol–water partition coefficient (Wildman–Crippen LogP) is 1.54. The lowest BCUT2D eigenvalue weighted by Gasteiger charge is -2.22. The number of β-amino-alcohol motifs (C(OH)–C–C–N with tert-alkyl or cyclic N) is 1. The largest absolute Gasteiger partial charge is 0.392 e. The molecule has 0 saturated heterocycles. The van der Waals surface area contributed by atoms with Crippen LogP contribution >= 0.6 is 0 Å². The molecular weight excluding hydrogens is 162 g/mol. The Morgan fingerprint density at radius 2 is 2.00 bits per heavy atom. The Morgan fingerprint density at radius 1 is 1.38 bits per heavy atom. The van der Waals surface area contributed by atoms with E-state index in [1.165, 1.54) is 0 Å². The van der Waals surface area contributed by atoms with Gasteiger partial charge in [-0.25, -0.2) is 0 Å². The zero-order valence-corrected chi connectivity index (χ0v) is 9.15. The predicted molar refractivity (Wildman–Crippen MR) is 56.4 cm³/mol. The second-order valence-electron chi connectivity index (χ2n) is 4.25. The molecule has 76 valence electrons.